The zero-order chi connectivity index (χ0) is 15.0. The normalized spacial score (nSPS) is 13.8. The third-order valence-electron chi connectivity index (χ3n) is 2.38. The number of halogens is 8. The molecule has 2 nitrogen and oxygen atoms in total. The summed E-state index contributed by atoms with van der Waals surface area (Å²) in [5.41, 5.74) is 2.47. The summed E-state index contributed by atoms with van der Waals surface area (Å²) in [5.74, 6) is -5.45. The predicted molar refractivity (Wildman–Crippen MR) is 62.6 cm³/mol. The van der Waals surface area contributed by atoms with Gasteiger partial charge < -0.3 is 10.8 Å². The first kappa shape index (κ1) is 19.3. The van der Waals surface area contributed by atoms with E-state index in [1.165, 1.54) is 0 Å². The number of alkyl halides is 5. The molecule has 0 aromatic heterocycles. The molecule has 1 aromatic rings. The van der Waals surface area contributed by atoms with E-state index in [2.05, 4.69) is 0 Å². The van der Waals surface area contributed by atoms with E-state index in [1.54, 1.807) is 0 Å². The van der Waals surface area contributed by atoms with Crippen molar-refractivity contribution in [1.82, 2.24) is 0 Å². The van der Waals surface area contributed by atoms with Crippen molar-refractivity contribution in [3.63, 3.8) is 0 Å². The van der Waals surface area contributed by atoms with Gasteiger partial charge in [0.2, 0.25) is 0 Å². The average molecular weight is 344 g/mol. The van der Waals surface area contributed by atoms with Gasteiger partial charge in [-0.2, -0.15) is 13.2 Å². The Balaban J connectivity index is 0.00000361. The van der Waals surface area contributed by atoms with Crippen molar-refractivity contribution in [1.29, 1.82) is 0 Å². The molecule has 1 atom stereocenters. The van der Waals surface area contributed by atoms with Crippen LogP contribution in [0.1, 0.15) is 17.2 Å². The Hall–Kier alpha value is -0.700. The Labute approximate surface area is 120 Å². The maximum Gasteiger partial charge on any atom is 0.416 e. The molecule has 20 heavy (non-hydrogen) atoms. The Morgan fingerprint density at radius 1 is 1.20 bits per heavy atom. The van der Waals surface area contributed by atoms with Crippen LogP contribution >= 0.6 is 24.0 Å². The summed E-state index contributed by atoms with van der Waals surface area (Å²) in [5, 5.41) is 7.43. The molecule has 116 valence electrons. The molecule has 0 saturated heterocycles. The molecule has 0 fully saturated rings. The number of nitrogens with two attached hydrogens (primary N) is 1. The van der Waals surface area contributed by atoms with Crippen molar-refractivity contribution < 1.29 is 31.4 Å². The van der Waals surface area contributed by atoms with Crippen LogP contribution in [0.3, 0.4) is 0 Å². The van der Waals surface area contributed by atoms with Gasteiger partial charge in [-0.15, -0.1) is 12.4 Å². The number of hydrogen-bond donors (Lipinski definition) is 2. The largest absolute Gasteiger partial charge is 0.416 e. The lowest BCUT2D eigenvalue weighted by molar-refractivity contribution is -0.137. The van der Waals surface area contributed by atoms with Crippen molar-refractivity contribution in [2.75, 3.05) is 6.61 Å². The molecule has 0 aliphatic heterocycles. The Morgan fingerprint density at radius 2 is 1.70 bits per heavy atom. The van der Waals surface area contributed by atoms with Gasteiger partial charge in [0, 0.05) is 5.56 Å². The number of rotatable bonds is 3. The lowest BCUT2D eigenvalue weighted by atomic mass is 9.99. The van der Waals surface area contributed by atoms with Gasteiger partial charge in [0.25, 0.3) is 5.92 Å². The Morgan fingerprint density at radius 3 is 2.10 bits per heavy atom. The summed E-state index contributed by atoms with van der Waals surface area (Å²) in [6, 6.07) is -2.03. The van der Waals surface area contributed by atoms with Crippen LogP contribution in [0.15, 0.2) is 12.1 Å². The topological polar surface area (TPSA) is 46.2 Å². The summed E-state index contributed by atoms with van der Waals surface area (Å²) >= 11 is 5.22. The molecule has 0 bridgehead atoms. The summed E-state index contributed by atoms with van der Waals surface area (Å²) in [7, 11) is 0. The second-order valence-corrected chi connectivity index (χ2v) is 4.16. The van der Waals surface area contributed by atoms with Crippen LogP contribution < -0.4 is 5.73 Å². The van der Waals surface area contributed by atoms with Gasteiger partial charge in [0.1, 0.15) is 12.4 Å². The quantitative estimate of drug-likeness (QED) is 0.824. The van der Waals surface area contributed by atoms with E-state index in [9.17, 15) is 26.3 Å². The van der Waals surface area contributed by atoms with Gasteiger partial charge in [0.05, 0.1) is 16.6 Å². The minimum Gasteiger partial charge on any atom is -0.390 e. The SMILES string of the molecule is Cl.N[C@H](c1cc(C(F)(F)F)cc(Cl)c1F)C(F)(F)CO. The number of benzene rings is 1. The molecule has 0 amide bonds. The maximum absolute atomic E-state index is 13.5. The number of aliphatic hydroxyl groups excluding tert-OH is 1. The number of aliphatic hydroxyl groups is 1. The van der Waals surface area contributed by atoms with Gasteiger partial charge in [-0.05, 0) is 12.1 Å². The fourth-order valence-corrected chi connectivity index (χ4v) is 1.55. The van der Waals surface area contributed by atoms with Crippen LogP contribution in [0, 0.1) is 5.82 Å². The van der Waals surface area contributed by atoms with Crippen molar-refractivity contribution in [2.45, 2.75) is 18.1 Å². The minimum atomic E-state index is -4.89. The van der Waals surface area contributed by atoms with Crippen molar-refractivity contribution in [3.8, 4) is 0 Å². The van der Waals surface area contributed by atoms with Crippen LogP contribution in [0.5, 0.6) is 0 Å². The first-order valence-electron chi connectivity index (χ1n) is 4.81. The van der Waals surface area contributed by atoms with Gasteiger partial charge in [-0.3, -0.25) is 0 Å². The first-order valence-corrected chi connectivity index (χ1v) is 5.19. The Bertz CT molecular complexity index is 480. The smallest absolute Gasteiger partial charge is 0.390 e. The van der Waals surface area contributed by atoms with Gasteiger partial charge in [0.15, 0.2) is 0 Å². The maximum atomic E-state index is 13.5. The third kappa shape index (κ3) is 3.91. The zero-order valence-corrected chi connectivity index (χ0v) is 11.1. The first-order chi connectivity index (χ1) is 8.50. The van der Waals surface area contributed by atoms with Crippen molar-refractivity contribution in [2.24, 2.45) is 5.73 Å². The lowest BCUT2D eigenvalue weighted by Crippen LogP contribution is -2.37. The highest BCUT2D eigenvalue weighted by molar-refractivity contribution is 6.30. The molecule has 0 radical (unpaired) electrons. The predicted octanol–water partition coefficient (Wildman–Crippen LogP) is 3.55. The fourth-order valence-electron chi connectivity index (χ4n) is 1.33. The second-order valence-electron chi connectivity index (χ2n) is 3.76. The lowest BCUT2D eigenvalue weighted by Gasteiger charge is -2.23. The third-order valence-corrected chi connectivity index (χ3v) is 2.66. The molecular weight excluding hydrogens is 335 g/mol. The van der Waals surface area contributed by atoms with Crippen molar-refractivity contribution >= 4 is 24.0 Å². The van der Waals surface area contributed by atoms with E-state index in [0.29, 0.717) is 0 Å². The van der Waals surface area contributed by atoms with Crippen LogP contribution in [-0.4, -0.2) is 17.6 Å². The molecule has 0 unspecified atom stereocenters. The minimum absolute atomic E-state index is 0. The van der Waals surface area contributed by atoms with E-state index in [4.69, 9.17) is 22.4 Å². The van der Waals surface area contributed by atoms with Crippen LogP contribution in [-0.2, 0) is 6.18 Å². The molecule has 0 aliphatic rings. The Kier molecular flexibility index (Phi) is 6.16. The zero-order valence-electron chi connectivity index (χ0n) is 9.52. The molecule has 10 heteroatoms. The summed E-state index contributed by atoms with van der Waals surface area (Å²) < 4.78 is 77.1. The van der Waals surface area contributed by atoms with E-state index < -0.39 is 46.7 Å². The van der Waals surface area contributed by atoms with Crippen molar-refractivity contribution in [3.05, 3.63) is 34.1 Å². The summed E-state index contributed by atoms with van der Waals surface area (Å²) in [6.07, 6.45) is -4.89. The molecule has 0 spiro atoms. The van der Waals surface area contributed by atoms with Crippen LogP contribution in [0.2, 0.25) is 5.02 Å². The highest BCUT2D eigenvalue weighted by atomic mass is 35.5. The fraction of sp³-hybridized carbons (Fsp3) is 0.400. The average Bonchev–Trinajstić information content (AvgIpc) is 2.30. The van der Waals surface area contributed by atoms with Gasteiger partial charge in [-0.25, -0.2) is 13.2 Å². The molecule has 1 aromatic carbocycles. The molecule has 0 aliphatic carbocycles. The number of hydrogen-bond acceptors (Lipinski definition) is 2. The molecular formula is C10H9Cl2F6NO. The highest BCUT2D eigenvalue weighted by Gasteiger charge is 2.41. The molecule has 0 heterocycles. The molecule has 3 N–H and O–H groups in total. The van der Waals surface area contributed by atoms with E-state index in [1.807, 2.05) is 0 Å². The highest BCUT2D eigenvalue weighted by Crippen LogP contribution is 2.38. The van der Waals surface area contributed by atoms with E-state index in [-0.39, 0.29) is 24.5 Å². The van der Waals surface area contributed by atoms with E-state index in [0.717, 1.165) is 0 Å². The molecule has 1 rings (SSSR count). The van der Waals surface area contributed by atoms with E-state index >= 15 is 0 Å². The van der Waals surface area contributed by atoms with Gasteiger partial charge >= 0.3 is 6.18 Å². The van der Waals surface area contributed by atoms with Gasteiger partial charge in [-0.1, -0.05) is 11.6 Å². The monoisotopic (exact) mass is 343 g/mol. The summed E-state index contributed by atoms with van der Waals surface area (Å²) in [6.45, 7) is -1.73. The second kappa shape index (κ2) is 6.38. The van der Waals surface area contributed by atoms with Crippen LogP contribution in [0.4, 0.5) is 26.3 Å². The standard InChI is InChI=1S/C10H8ClF6NO.ClH/c11-6-2-4(10(15,16)17)1-5(7(6)12)8(18)9(13,14)3-19;/h1-2,8,19H,3,18H2;1H/t8-;/m1./s1. The summed E-state index contributed by atoms with van der Waals surface area (Å²) in [4.78, 5) is 0. The van der Waals surface area contributed by atoms with Crippen LogP contribution in [0.25, 0.3) is 0 Å². The molecule has 0 saturated carbocycles.